The summed E-state index contributed by atoms with van der Waals surface area (Å²) < 4.78 is 24.5. The third-order valence-corrected chi connectivity index (χ3v) is 4.79. The van der Waals surface area contributed by atoms with E-state index in [1.54, 1.807) is 11.1 Å². The number of piperidine rings is 1. The molecular weight excluding hydrogens is 314 g/mol. The molecule has 1 amide bonds. The molecule has 3 heterocycles. The van der Waals surface area contributed by atoms with Gasteiger partial charge < -0.3 is 5.32 Å². The molecule has 2 fully saturated rings. The van der Waals surface area contributed by atoms with Gasteiger partial charge in [0.2, 0.25) is 5.91 Å². The van der Waals surface area contributed by atoms with Crippen LogP contribution in [-0.2, 0) is 11.3 Å². The molecule has 7 heteroatoms. The van der Waals surface area contributed by atoms with Crippen LogP contribution in [0, 0.1) is 5.92 Å². The molecule has 1 N–H and O–H groups in total. The molecule has 2 aliphatic heterocycles. The second-order valence-electron chi connectivity index (χ2n) is 6.73. The first-order valence-electron chi connectivity index (χ1n) is 8.52. The lowest BCUT2D eigenvalue weighted by Crippen LogP contribution is -2.56. The molecule has 132 valence electrons. The zero-order chi connectivity index (χ0) is 16.9. The van der Waals surface area contributed by atoms with Gasteiger partial charge in [-0.25, -0.2) is 8.78 Å². The number of halogens is 2. The topological polar surface area (TPSA) is 48.5 Å². The molecule has 1 aromatic heterocycles. The molecule has 0 radical (unpaired) electrons. The minimum atomic E-state index is -2.32. The third-order valence-electron chi connectivity index (χ3n) is 4.79. The Labute approximate surface area is 141 Å². The summed E-state index contributed by atoms with van der Waals surface area (Å²) >= 11 is 0. The van der Waals surface area contributed by atoms with Gasteiger partial charge in [0, 0.05) is 51.2 Å². The van der Waals surface area contributed by atoms with Crippen molar-refractivity contribution in [1.29, 1.82) is 0 Å². The Balaban J connectivity index is 1.35. The van der Waals surface area contributed by atoms with E-state index in [1.165, 1.54) is 5.56 Å². The zero-order valence-electron chi connectivity index (χ0n) is 13.7. The first-order valence-corrected chi connectivity index (χ1v) is 8.52. The van der Waals surface area contributed by atoms with Gasteiger partial charge in [-0.2, -0.15) is 0 Å². The monoisotopic (exact) mass is 338 g/mol. The molecule has 2 aliphatic rings. The number of amides is 1. The minimum absolute atomic E-state index is 0.0197. The molecule has 0 atom stereocenters. The summed E-state index contributed by atoms with van der Waals surface area (Å²) in [6.45, 7) is 3.46. The second kappa shape index (κ2) is 7.98. The number of aromatic nitrogens is 1. The maximum atomic E-state index is 12.2. The Hall–Kier alpha value is -1.60. The number of nitrogens with zero attached hydrogens (tertiary/aromatic N) is 3. The predicted octanol–water partition coefficient (Wildman–Crippen LogP) is 1.36. The molecule has 1 aromatic rings. The summed E-state index contributed by atoms with van der Waals surface area (Å²) in [4.78, 5) is 20.3. The van der Waals surface area contributed by atoms with Crippen molar-refractivity contribution < 1.29 is 13.6 Å². The molecular formula is C17H24F2N4O. The highest BCUT2D eigenvalue weighted by Crippen LogP contribution is 2.19. The van der Waals surface area contributed by atoms with Gasteiger partial charge in [-0.3, -0.25) is 19.6 Å². The van der Waals surface area contributed by atoms with E-state index < -0.39 is 6.43 Å². The van der Waals surface area contributed by atoms with Crippen LogP contribution in [0.5, 0.6) is 0 Å². The van der Waals surface area contributed by atoms with Gasteiger partial charge in [0.1, 0.15) is 0 Å². The fourth-order valence-electron chi connectivity index (χ4n) is 3.38. The van der Waals surface area contributed by atoms with Crippen molar-refractivity contribution in [3.8, 4) is 0 Å². The number of rotatable bonds is 6. The Morgan fingerprint density at radius 2 is 2.04 bits per heavy atom. The van der Waals surface area contributed by atoms with E-state index in [9.17, 15) is 13.6 Å². The summed E-state index contributed by atoms with van der Waals surface area (Å²) in [5, 5.41) is 3.09. The van der Waals surface area contributed by atoms with Crippen molar-refractivity contribution in [3.63, 3.8) is 0 Å². The summed E-state index contributed by atoms with van der Waals surface area (Å²) in [7, 11) is 0. The third kappa shape index (κ3) is 4.70. The van der Waals surface area contributed by atoms with Gasteiger partial charge in [0.25, 0.3) is 6.43 Å². The van der Waals surface area contributed by atoms with Crippen LogP contribution in [0.3, 0.4) is 0 Å². The molecule has 5 nitrogen and oxygen atoms in total. The Kier molecular flexibility index (Phi) is 5.73. The Morgan fingerprint density at radius 1 is 1.29 bits per heavy atom. The zero-order valence-corrected chi connectivity index (χ0v) is 13.7. The van der Waals surface area contributed by atoms with Crippen LogP contribution in [0.15, 0.2) is 24.5 Å². The normalized spacial score (nSPS) is 21.0. The summed E-state index contributed by atoms with van der Waals surface area (Å²) in [6, 6.07) is 4.22. The molecule has 0 unspecified atom stereocenters. The lowest BCUT2D eigenvalue weighted by atomic mass is 9.97. The van der Waals surface area contributed by atoms with Crippen LogP contribution in [-0.4, -0.2) is 65.9 Å². The standard InChI is InChI=1S/C17H24F2N4O/c18-16(19)12-23-10-14(11-23)17(24)21-15-3-6-22(7-4-15)9-13-2-1-5-20-8-13/h1-2,5,8,14-16H,3-4,6-7,9-12H2,(H,21,24). The highest BCUT2D eigenvalue weighted by atomic mass is 19.3. The molecule has 0 saturated carbocycles. The largest absolute Gasteiger partial charge is 0.353 e. The number of likely N-dealkylation sites (tertiary alicyclic amines) is 2. The van der Waals surface area contributed by atoms with E-state index >= 15 is 0 Å². The van der Waals surface area contributed by atoms with E-state index in [0.29, 0.717) is 13.1 Å². The molecule has 0 spiro atoms. The van der Waals surface area contributed by atoms with Crippen molar-refractivity contribution in [1.82, 2.24) is 20.1 Å². The lowest BCUT2D eigenvalue weighted by Gasteiger charge is -2.39. The second-order valence-corrected chi connectivity index (χ2v) is 6.73. The highest BCUT2D eigenvalue weighted by molar-refractivity contribution is 5.80. The van der Waals surface area contributed by atoms with E-state index in [4.69, 9.17) is 0 Å². The van der Waals surface area contributed by atoms with Crippen LogP contribution in [0.2, 0.25) is 0 Å². The molecule has 0 aromatic carbocycles. The number of nitrogens with one attached hydrogen (secondary N) is 1. The van der Waals surface area contributed by atoms with Crippen molar-refractivity contribution in [3.05, 3.63) is 30.1 Å². The molecule has 0 bridgehead atoms. The van der Waals surface area contributed by atoms with E-state index in [2.05, 4.69) is 21.3 Å². The van der Waals surface area contributed by atoms with Crippen LogP contribution < -0.4 is 5.32 Å². The SMILES string of the molecule is O=C(NC1CCN(Cc2cccnc2)CC1)C1CN(CC(F)F)C1. The van der Waals surface area contributed by atoms with Crippen LogP contribution >= 0.6 is 0 Å². The molecule has 24 heavy (non-hydrogen) atoms. The molecule has 3 rings (SSSR count). The quantitative estimate of drug-likeness (QED) is 0.851. The van der Waals surface area contributed by atoms with Gasteiger partial charge in [0.05, 0.1) is 12.5 Å². The number of hydrogen-bond donors (Lipinski definition) is 1. The number of alkyl halides is 2. The summed E-state index contributed by atoms with van der Waals surface area (Å²) in [5.41, 5.74) is 1.20. The van der Waals surface area contributed by atoms with Gasteiger partial charge >= 0.3 is 0 Å². The lowest BCUT2D eigenvalue weighted by molar-refractivity contribution is -0.132. The van der Waals surface area contributed by atoms with Gasteiger partial charge in [0.15, 0.2) is 0 Å². The molecule has 2 saturated heterocycles. The predicted molar refractivity (Wildman–Crippen MR) is 86.6 cm³/mol. The summed E-state index contributed by atoms with van der Waals surface area (Å²) in [6.07, 6.45) is 3.20. The first-order chi connectivity index (χ1) is 11.6. The van der Waals surface area contributed by atoms with Crippen LogP contribution in [0.4, 0.5) is 8.78 Å². The Bertz CT molecular complexity index is 529. The first kappa shape index (κ1) is 17.2. The van der Waals surface area contributed by atoms with Gasteiger partial charge in [-0.1, -0.05) is 6.07 Å². The fraction of sp³-hybridized carbons (Fsp3) is 0.647. The number of hydrogen-bond acceptors (Lipinski definition) is 4. The fourth-order valence-corrected chi connectivity index (χ4v) is 3.38. The minimum Gasteiger partial charge on any atom is -0.353 e. The van der Waals surface area contributed by atoms with Crippen LogP contribution in [0.1, 0.15) is 18.4 Å². The highest BCUT2D eigenvalue weighted by Gasteiger charge is 2.35. The van der Waals surface area contributed by atoms with Crippen LogP contribution in [0.25, 0.3) is 0 Å². The number of pyridine rings is 1. The molecule has 0 aliphatic carbocycles. The maximum absolute atomic E-state index is 12.2. The van der Waals surface area contributed by atoms with E-state index in [0.717, 1.165) is 32.5 Å². The number of carbonyl (C=O) groups is 1. The van der Waals surface area contributed by atoms with Crippen molar-refractivity contribution in [2.45, 2.75) is 31.9 Å². The Morgan fingerprint density at radius 3 is 2.67 bits per heavy atom. The maximum Gasteiger partial charge on any atom is 0.251 e. The van der Waals surface area contributed by atoms with Gasteiger partial charge in [-0.15, -0.1) is 0 Å². The smallest absolute Gasteiger partial charge is 0.251 e. The van der Waals surface area contributed by atoms with Crippen molar-refractivity contribution >= 4 is 5.91 Å². The average Bonchev–Trinajstić information content (AvgIpc) is 2.53. The van der Waals surface area contributed by atoms with Gasteiger partial charge in [-0.05, 0) is 24.5 Å². The van der Waals surface area contributed by atoms with Crippen molar-refractivity contribution in [2.75, 3.05) is 32.7 Å². The van der Waals surface area contributed by atoms with E-state index in [1.807, 2.05) is 12.3 Å². The summed E-state index contributed by atoms with van der Waals surface area (Å²) in [5.74, 6) is -0.108. The number of carbonyl (C=O) groups excluding carboxylic acids is 1. The van der Waals surface area contributed by atoms with Crippen molar-refractivity contribution in [2.24, 2.45) is 5.92 Å². The van der Waals surface area contributed by atoms with E-state index in [-0.39, 0.29) is 24.4 Å². The average molecular weight is 338 g/mol.